The zero-order valence-corrected chi connectivity index (χ0v) is 17.6. The van der Waals surface area contributed by atoms with Crippen molar-refractivity contribution in [3.05, 3.63) is 29.5 Å². The number of nitrogen functional groups attached to an aromatic ring is 1. The van der Waals surface area contributed by atoms with Crippen LogP contribution in [0.1, 0.15) is 29.9 Å². The highest BCUT2D eigenvalue weighted by Gasteiger charge is 2.30. The normalized spacial score (nSPS) is 11.3. The van der Waals surface area contributed by atoms with Gasteiger partial charge < -0.3 is 5.32 Å². The second-order valence-corrected chi connectivity index (χ2v) is 9.09. The lowest BCUT2D eigenvalue weighted by molar-refractivity contribution is -0.115. The number of fused-ring (bicyclic) bond motifs is 1. The summed E-state index contributed by atoms with van der Waals surface area (Å²) in [6.45, 7) is 3.93. The van der Waals surface area contributed by atoms with Crippen molar-refractivity contribution in [2.75, 3.05) is 10.6 Å². The Bertz CT molecular complexity index is 1290. The number of aromatic nitrogens is 3. The summed E-state index contributed by atoms with van der Waals surface area (Å²) in [5, 5.41) is 4.91. The fourth-order valence-electron chi connectivity index (χ4n) is 2.73. The Hall–Kier alpha value is -3.36. The van der Waals surface area contributed by atoms with Crippen LogP contribution in [0.15, 0.2) is 22.4 Å². The first-order valence-corrected chi connectivity index (χ1v) is 10.6. The van der Waals surface area contributed by atoms with E-state index in [1.54, 1.807) is 0 Å². The molecule has 0 saturated heterocycles. The van der Waals surface area contributed by atoms with Crippen LogP contribution in [-0.4, -0.2) is 40.1 Å². The maximum absolute atomic E-state index is 13.5. The van der Waals surface area contributed by atoms with Crippen molar-refractivity contribution in [1.29, 1.82) is 0 Å². The molecule has 0 saturated carbocycles. The average molecular weight is 451 g/mol. The van der Waals surface area contributed by atoms with E-state index in [4.69, 9.17) is 5.84 Å². The van der Waals surface area contributed by atoms with E-state index in [0.29, 0.717) is 0 Å². The zero-order chi connectivity index (χ0) is 22.2. The third-order valence-corrected chi connectivity index (χ3v) is 7.18. The first kappa shape index (κ1) is 21.4. The van der Waals surface area contributed by atoms with Crippen LogP contribution in [0.4, 0.5) is 11.1 Å². The molecule has 0 aliphatic carbocycles. The van der Waals surface area contributed by atoms with Gasteiger partial charge in [0, 0.05) is 13.8 Å². The first-order chi connectivity index (χ1) is 14.1. The number of nitrogens with two attached hydrogens (primary N) is 1. The Labute approximate surface area is 174 Å². The van der Waals surface area contributed by atoms with Gasteiger partial charge in [0.1, 0.15) is 5.52 Å². The van der Waals surface area contributed by atoms with Crippen molar-refractivity contribution in [2.24, 2.45) is 5.84 Å². The molecular weight excluding hydrogens is 434 g/mol. The third kappa shape index (κ3) is 3.74. The SMILES string of the molecule is CC(=O)Nc1nc(C)c(S(=O)(=O)n2c(NC(C)=O)nc3c(C(=O)NN)cccc32)s1. The van der Waals surface area contributed by atoms with Gasteiger partial charge in [-0.3, -0.25) is 25.1 Å². The molecule has 0 aliphatic heterocycles. The number of nitrogens with zero attached hydrogens (tertiary/aromatic N) is 3. The third-order valence-electron chi connectivity index (χ3n) is 3.82. The second kappa shape index (κ2) is 7.81. The summed E-state index contributed by atoms with van der Waals surface area (Å²) >= 11 is 0.753. The number of benzene rings is 1. The topological polar surface area (TPSA) is 178 Å². The number of anilines is 2. The smallest absolute Gasteiger partial charge is 0.282 e. The molecule has 0 spiro atoms. The van der Waals surface area contributed by atoms with Gasteiger partial charge in [-0.05, 0) is 19.1 Å². The number of carbonyl (C=O) groups excluding carboxylic acids is 3. The van der Waals surface area contributed by atoms with Crippen LogP contribution in [0.25, 0.3) is 11.0 Å². The van der Waals surface area contributed by atoms with Crippen LogP contribution >= 0.6 is 11.3 Å². The molecule has 0 unspecified atom stereocenters. The molecule has 2 aromatic heterocycles. The highest BCUT2D eigenvalue weighted by Crippen LogP contribution is 2.33. The molecule has 1 aromatic carbocycles. The molecular formula is C16H17N7O5S2. The van der Waals surface area contributed by atoms with Gasteiger partial charge in [0.2, 0.25) is 17.8 Å². The monoisotopic (exact) mass is 451 g/mol. The van der Waals surface area contributed by atoms with Gasteiger partial charge in [0.05, 0.1) is 16.8 Å². The van der Waals surface area contributed by atoms with E-state index in [0.717, 1.165) is 15.3 Å². The maximum atomic E-state index is 13.5. The lowest BCUT2D eigenvalue weighted by Gasteiger charge is -2.09. The minimum Gasteiger partial charge on any atom is -0.302 e. The van der Waals surface area contributed by atoms with Gasteiger partial charge in [-0.15, -0.1) is 0 Å². The summed E-state index contributed by atoms with van der Waals surface area (Å²) in [5.41, 5.74) is 2.22. The van der Waals surface area contributed by atoms with E-state index < -0.39 is 27.7 Å². The number of hydrazine groups is 1. The van der Waals surface area contributed by atoms with E-state index in [1.807, 2.05) is 5.43 Å². The second-order valence-electron chi connectivity index (χ2n) is 6.11. The lowest BCUT2D eigenvalue weighted by Crippen LogP contribution is -2.30. The predicted molar refractivity (Wildman–Crippen MR) is 109 cm³/mol. The molecule has 3 rings (SSSR count). The fraction of sp³-hybridized carbons (Fsp3) is 0.188. The summed E-state index contributed by atoms with van der Waals surface area (Å²) in [6.07, 6.45) is 0. The molecule has 0 atom stereocenters. The fourth-order valence-corrected chi connectivity index (χ4v) is 5.66. The Morgan fingerprint density at radius 3 is 2.37 bits per heavy atom. The van der Waals surface area contributed by atoms with Crippen LogP contribution in [0, 0.1) is 6.92 Å². The molecule has 2 heterocycles. The molecule has 3 aromatic rings. The van der Waals surface area contributed by atoms with E-state index in [2.05, 4.69) is 20.6 Å². The minimum atomic E-state index is -4.31. The van der Waals surface area contributed by atoms with Crippen molar-refractivity contribution < 1.29 is 22.8 Å². The minimum absolute atomic E-state index is 0.0236. The average Bonchev–Trinajstić information content (AvgIpc) is 3.20. The Morgan fingerprint density at radius 2 is 1.77 bits per heavy atom. The number of nitrogens with one attached hydrogen (secondary N) is 3. The van der Waals surface area contributed by atoms with Crippen molar-refractivity contribution in [1.82, 2.24) is 19.4 Å². The summed E-state index contributed by atoms with van der Waals surface area (Å²) in [4.78, 5) is 43.2. The highest BCUT2D eigenvalue weighted by atomic mass is 32.2. The van der Waals surface area contributed by atoms with Crippen LogP contribution in [-0.2, 0) is 19.6 Å². The van der Waals surface area contributed by atoms with Crippen LogP contribution in [0.3, 0.4) is 0 Å². The number of imidazole rings is 1. The van der Waals surface area contributed by atoms with Crippen molar-refractivity contribution in [3.63, 3.8) is 0 Å². The molecule has 30 heavy (non-hydrogen) atoms. The van der Waals surface area contributed by atoms with E-state index >= 15 is 0 Å². The molecule has 0 fully saturated rings. The van der Waals surface area contributed by atoms with Crippen LogP contribution < -0.4 is 21.9 Å². The van der Waals surface area contributed by atoms with Gasteiger partial charge in [-0.2, -0.15) is 12.4 Å². The van der Waals surface area contributed by atoms with Gasteiger partial charge >= 0.3 is 0 Å². The number of hydrogen-bond acceptors (Lipinski definition) is 9. The largest absolute Gasteiger partial charge is 0.302 e. The number of rotatable bonds is 5. The Kier molecular flexibility index (Phi) is 5.56. The summed E-state index contributed by atoms with van der Waals surface area (Å²) in [5.74, 6) is 3.24. The number of aryl methyl sites for hydroxylation is 1. The number of amides is 3. The van der Waals surface area contributed by atoms with E-state index in [9.17, 15) is 22.8 Å². The number of para-hydroxylation sites is 1. The van der Waals surface area contributed by atoms with Crippen molar-refractivity contribution in [3.8, 4) is 0 Å². The first-order valence-electron chi connectivity index (χ1n) is 8.36. The number of thiazole rings is 1. The predicted octanol–water partition coefficient (Wildman–Crippen LogP) is 0.559. The molecule has 3 amide bonds. The van der Waals surface area contributed by atoms with Gasteiger partial charge in [-0.25, -0.2) is 15.8 Å². The number of carbonyl (C=O) groups is 3. The standard InChI is InChI=1S/C16H17N7O5S2/c1-7-14(29-16(18-7)20-9(3)25)30(27,28)23-11-6-4-5-10(13(26)22-17)12(11)21-15(23)19-8(2)24/h4-6H,17H2,1-3H3,(H,22,26)(H,18,20,25)(H,19,21,24). The quantitative estimate of drug-likeness (QED) is 0.247. The number of hydrogen-bond donors (Lipinski definition) is 4. The molecule has 0 radical (unpaired) electrons. The maximum Gasteiger partial charge on any atom is 0.282 e. The summed E-state index contributed by atoms with van der Waals surface area (Å²) in [6, 6.07) is 4.31. The molecule has 0 bridgehead atoms. The lowest BCUT2D eigenvalue weighted by atomic mass is 10.2. The zero-order valence-electron chi connectivity index (χ0n) is 16.0. The molecule has 5 N–H and O–H groups in total. The van der Waals surface area contributed by atoms with Gasteiger partial charge in [0.15, 0.2) is 9.34 Å². The summed E-state index contributed by atoms with van der Waals surface area (Å²) in [7, 11) is -4.31. The summed E-state index contributed by atoms with van der Waals surface area (Å²) < 4.78 is 27.6. The van der Waals surface area contributed by atoms with Crippen molar-refractivity contribution in [2.45, 2.75) is 25.0 Å². The van der Waals surface area contributed by atoms with Crippen molar-refractivity contribution >= 4 is 61.2 Å². The molecule has 0 aliphatic rings. The van der Waals surface area contributed by atoms with Gasteiger partial charge in [0.25, 0.3) is 15.9 Å². The Morgan fingerprint density at radius 1 is 1.10 bits per heavy atom. The highest BCUT2D eigenvalue weighted by molar-refractivity contribution is 7.92. The van der Waals surface area contributed by atoms with Crippen LogP contribution in [0.5, 0.6) is 0 Å². The molecule has 12 nitrogen and oxygen atoms in total. The van der Waals surface area contributed by atoms with Crippen LogP contribution in [0.2, 0.25) is 0 Å². The molecule has 158 valence electrons. The van der Waals surface area contributed by atoms with Gasteiger partial charge in [-0.1, -0.05) is 17.4 Å². The molecule has 14 heteroatoms. The van der Waals surface area contributed by atoms with E-state index in [-0.39, 0.29) is 37.6 Å². The Balaban J connectivity index is 2.30. The van der Waals surface area contributed by atoms with E-state index in [1.165, 1.54) is 39.0 Å².